The van der Waals surface area contributed by atoms with Crippen molar-refractivity contribution in [1.29, 1.82) is 5.26 Å². The molecule has 2 aliphatic rings. The number of amides is 1. The van der Waals surface area contributed by atoms with Crippen molar-refractivity contribution < 1.29 is 4.79 Å². The van der Waals surface area contributed by atoms with Gasteiger partial charge in [0.15, 0.2) is 0 Å². The zero-order valence-corrected chi connectivity index (χ0v) is 9.48. The number of hydrogen-bond acceptors (Lipinski definition) is 3. The van der Waals surface area contributed by atoms with Crippen molar-refractivity contribution >= 4 is 5.91 Å². The fourth-order valence-corrected chi connectivity index (χ4v) is 3.22. The third kappa shape index (κ3) is 2.05. The van der Waals surface area contributed by atoms with E-state index in [1.165, 1.54) is 6.42 Å². The quantitative estimate of drug-likeness (QED) is 0.688. The molecule has 4 unspecified atom stereocenters. The fourth-order valence-electron chi connectivity index (χ4n) is 3.22. The highest BCUT2D eigenvalue weighted by Crippen LogP contribution is 2.47. The number of nitrogens with zero attached hydrogens (tertiary/aromatic N) is 1. The molecule has 88 valence electrons. The Morgan fingerprint density at radius 2 is 2.19 bits per heavy atom. The minimum Gasteiger partial charge on any atom is -0.356 e. The molecule has 4 heteroatoms. The van der Waals surface area contributed by atoms with Crippen LogP contribution in [-0.4, -0.2) is 18.5 Å². The Bertz CT molecular complexity index is 308. The molecular formula is C12H19N3O. The normalized spacial score (nSPS) is 36.0. The summed E-state index contributed by atoms with van der Waals surface area (Å²) >= 11 is 0. The predicted octanol–water partition coefficient (Wildman–Crippen LogP) is 0.780. The summed E-state index contributed by atoms with van der Waals surface area (Å²) < 4.78 is 0. The molecule has 2 saturated carbocycles. The van der Waals surface area contributed by atoms with Crippen LogP contribution in [0.4, 0.5) is 0 Å². The summed E-state index contributed by atoms with van der Waals surface area (Å²) in [6.45, 7) is 0.604. The molecule has 1 amide bonds. The zero-order valence-electron chi connectivity index (χ0n) is 9.48. The van der Waals surface area contributed by atoms with Crippen LogP contribution in [0.15, 0.2) is 0 Å². The Labute approximate surface area is 96.2 Å². The van der Waals surface area contributed by atoms with Crippen molar-refractivity contribution in [3.8, 4) is 6.07 Å². The second-order valence-corrected chi connectivity index (χ2v) is 4.99. The molecule has 3 N–H and O–H groups in total. The standard InChI is InChI=1S/C12H19N3O/c13-5-1-2-6-15-12(16)10-8-3-4-9(7-8)11(10)14/h8-11H,1-4,6-7,14H2,(H,15,16). The predicted molar refractivity (Wildman–Crippen MR) is 60.2 cm³/mol. The van der Waals surface area contributed by atoms with Crippen molar-refractivity contribution in [3.05, 3.63) is 0 Å². The van der Waals surface area contributed by atoms with Crippen molar-refractivity contribution in [2.24, 2.45) is 23.5 Å². The average Bonchev–Trinajstić information content (AvgIpc) is 2.84. The second-order valence-electron chi connectivity index (χ2n) is 4.99. The molecule has 0 aromatic carbocycles. The van der Waals surface area contributed by atoms with E-state index < -0.39 is 0 Å². The number of nitriles is 1. The van der Waals surface area contributed by atoms with E-state index in [0.717, 1.165) is 19.3 Å². The minimum absolute atomic E-state index is 0.0286. The molecule has 0 aromatic heterocycles. The summed E-state index contributed by atoms with van der Waals surface area (Å²) in [7, 11) is 0. The molecule has 2 bridgehead atoms. The van der Waals surface area contributed by atoms with Gasteiger partial charge in [-0.15, -0.1) is 0 Å². The Hall–Kier alpha value is -1.08. The molecule has 0 heterocycles. The molecule has 0 aliphatic heterocycles. The lowest BCUT2D eigenvalue weighted by molar-refractivity contribution is -0.127. The SMILES string of the molecule is N#CCCCNC(=O)C1C2CCC(C2)C1N. The number of nitrogens with one attached hydrogen (secondary N) is 1. The van der Waals surface area contributed by atoms with Crippen molar-refractivity contribution in [2.45, 2.75) is 38.1 Å². The van der Waals surface area contributed by atoms with E-state index in [-0.39, 0.29) is 17.9 Å². The maximum Gasteiger partial charge on any atom is 0.224 e. The highest BCUT2D eigenvalue weighted by atomic mass is 16.1. The first-order valence-corrected chi connectivity index (χ1v) is 6.14. The summed E-state index contributed by atoms with van der Waals surface area (Å²) in [5, 5.41) is 11.3. The van der Waals surface area contributed by atoms with Crippen molar-refractivity contribution in [1.82, 2.24) is 5.32 Å². The van der Waals surface area contributed by atoms with Gasteiger partial charge in [-0.25, -0.2) is 0 Å². The first-order valence-electron chi connectivity index (χ1n) is 6.14. The van der Waals surface area contributed by atoms with Crippen LogP contribution < -0.4 is 11.1 Å². The highest BCUT2D eigenvalue weighted by Gasteiger charge is 2.48. The third-order valence-electron chi connectivity index (χ3n) is 4.05. The highest BCUT2D eigenvalue weighted by molar-refractivity contribution is 5.80. The Balaban J connectivity index is 1.79. The van der Waals surface area contributed by atoms with E-state index in [1.54, 1.807) is 0 Å². The summed E-state index contributed by atoms with van der Waals surface area (Å²) in [5.74, 6) is 1.22. The van der Waals surface area contributed by atoms with Crippen molar-refractivity contribution in [2.75, 3.05) is 6.54 Å². The van der Waals surface area contributed by atoms with Crippen LogP contribution in [0.25, 0.3) is 0 Å². The number of carbonyl (C=O) groups excluding carboxylic acids is 1. The number of rotatable bonds is 4. The molecular weight excluding hydrogens is 202 g/mol. The van der Waals surface area contributed by atoms with Crippen LogP contribution in [0.1, 0.15) is 32.1 Å². The lowest BCUT2D eigenvalue weighted by atomic mass is 9.84. The van der Waals surface area contributed by atoms with Gasteiger partial charge in [0.25, 0.3) is 0 Å². The summed E-state index contributed by atoms with van der Waals surface area (Å²) in [6, 6.07) is 2.14. The van der Waals surface area contributed by atoms with E-state index in [9.17, 15) is 4.79 Å². The van der Waals surface area contributed by atoms with Crippen LogP contribution >= 0.6 is 0 Å². The van der Waals surface area contributed by atoms with Gasteiger partial charge < -0.3 is 11.1 Å². The number of carbonyl (C=O) groups is 1. The summed E-state index contributed by atoms with van der Waals surface area (Å²) in [4.78, 5) is 11.9. The molecule has 0 saturated heterocycles. The number of unbranched alkanes of at least 4 members (excludes halogenated alkanes) is 1. The molecule has 2 aliphatic carbocycles. The number of nitrogens with two attached hydrogens (primary N) is 1. The molecule has 0 spiro atoms. The number of fused-ring (bicyclic) bond motifs is 2. The lowest BCUT2D eigenvalue weighted by Crippen LogP contribution is -2.45. The van der Waals surface area contributed by atoms with Gasteiger partial charge in [-0.3, -0.25) is 4.79 Å². The average molecular weight is 221 g/mol. The monoisotopic (exact) mass is 221 g/mol. The Morgan fingerprint density at radius 1 is 1.44 bits per heavy atom. The topological polar surface area (TPSA) is 78.9 Å². The van der Waals surface area contributed by atoms with Crippen LogP contribution in [0.5, 0.6) is 0 Å². The molecule has 0 aromatic rings. The molecule has 4 nitrogen and oxygen atoms in total. The largest absolute Gasteiger partial charge is 0.356 e. The van der Waals surface area contributed by atoms with Gasteiger partial charge in [-0.1, -0.05) is 0 Å². The molecule has 2 rings (SSSR count). The first-order chi connectivity index (χ1) is 7.74. The lowest BCUT2D eigenvalue weighted by Gasteiger charge is -2.26. The van der Waals surface area contributed by atoms with Gasteiger partial charge >= 0.3 is 0 Å². The smallest absolute Gasteiger partial charge is 0.224 e. The van der Waals surface area contributed by atoms with Crippen molar-refractivity contribution in [3.63, 3.8) is 0 Å². The van der Waals surface area contributed by atoms with Crippen LogP contribution in [0.3, 0.4) is 0 Å². The van der Waals surface area contributed by atoms with Gasteiger partial charge in [-0.05, 0) is 37.5 Å². The maximum absolute atomic E-state index is 11.9. The van der Waals surface area contributed by atoms with Crippen LogP contribution in [0.2, 0.25) is 0 Å². The third-order valence-corrected chi connectivity index (χ3v) is 4.05. The Morgan fingerprint density at radius 3 is 2.81 bits per heavy atom. The molecule has 16 heavy (non-hydrogen) atoms. The van der Waals surface area contributed by atoms with Gasteiger partial charge in [-0.2, -0.15) is 5.26 Å². The van der Waals surface area contributed by atoms with E-state index in [2.05, 4.69) is 11.4 Å². The van der Waals surface area contributed by atoms with E-state index >= 15 is 0 Å². The van der Waals surface area contributed by atoms with Crippen LogP contribution in [-0.2, 0) is 4.79 Å². The minimum atomic E-state index is 0.0286. The van der Waals surface area contributed by atoms with E-state index in [1.807, 2.05) is 0 Å². The summed E-state index contributed by atoms with van der Waals surface area (Å²) in [6.07, 6.45) is 4.73. The van der Waals surface area contributed by atoms with Gasteiger partial charge in [0.2, 0.25) is 5.91 Å². The number of hydrogen-bond donors (Lipinski definition) is 2. The maximum atomic E-state index is 11.9. The fraction of sp³-hybridized carbons (Fsp3) is 0.833. The zero-order chi connectivity index (χ0) is 11.5. The molecule has 0 radical (unpaired) electrons. The van der Waals surface area contributed by atoms with Crippen LogP contribution in [0, 0.1) is 29.1 Å². The molecule has 2 fully saturated rings. The Kier molecular flexibility index (Phi) is 3.45. The van der Waals surface area contributed by atoms with Gasteiger partial charge in [0.1, 0.15) is 0 Å². The second kappa shape index (κ2) is 4.84. The van der Waals surface area contributed by atoms with Gasteiger partial charge in [0.05, 0.1) is 12.0 Å². The summed E-state index contributed by atoms with van der Waals surface area (Å²) in [5.41, 5.74) is 6.08. The van der Waals surface area contributed by atoms with E-state index in [0.29, 0.717) is 24.8 Å². The first kappa shape index (κ1) is 11.4. The molecule has 4 atom stereocenters. The van der Waals surface area contributed by atoms with E-state index in [4.69, 9.17) is 11.0 Å². The van der Waals surface area contributed by atoms with Gasteiger partial charge in [0, 0.05) is 19.0 Å².